The number of carbonyl (C=O) groups excluding carboxylic acids is 2. The number of hydrogen-bond donors (Lipinski definition) is 1. The molecule has 1 N–H and O–H groups in total. The number of nitro benzene ring substituents is 1. The van der Waals surface area contributed by atoms with Crippen LogP contribution >= 0.6 is 0 Å². The van der Waals surface area contributed by atoms with Gasteiger partial charge in [-0.2, -0.15) is 0 Å². The molecule has 0 spiro atoms. The van der Waals surface area contributed by atoms with E-state index in [0.717, 1.165) is 11.1 Å². The van der Waals surface area contributed by atoms with Crippen LogP contribution in [0.25, 0.3) is 0 Å². The number of nitro groups is 1. The minimum absolute atomic E-state index is 0.0545. The van der Waals surface area contributed by atoms with Crippen molar-refractivity contribution in [2.24, 2.45) is 0 Å². The lowest BCUT2D eigenvalue weighted by Crippen LogP contribution is -2.22. The average Bonchev–Trinajstić information content (AvgIpc) is 2.63. The molecule has 0 aliphatic heterocycles. The maximum Gasteiger partial charge on any atom is 0.342 e. The molecule has 0 aliphatic rings. The number of hydrogen-bond acceptors (Lipinski definition) is 6. The molecule has 0 saturated carbocycles. The van der Waals surface area contributed by atoms with Gasteiger partial charge < -0.3 is 14.8 Å². The quantitative estimate of drug-likeness (QED) is 0.453. The molecule has 0 radical (unpaired) electrons. The standard InChI is InChI=1S/C19H20N2O6/c1-4-26-17-8-6-5-7-14(17)19(23)27-11-18(22)20-15-9-12(2)13(3)10-16(15)21(24)25/h5-10H,4,11H2,1-3H3,(H,20,22). The Morgan fingerprint density at radius 2 is 1.81 bits per heavy atom. The number of nitrogens with zero attached hydrogens (tertiary/aromatic N) is 1. The summed E-state index contributed by atoms with van der Waals surface area (Å²) in [6.07, 6.45) is 0. The van der Waals surface area contributed by atoms with Crippen LogP contribution in [0.5, 0.6) is 5.75 Å². The van der Waals surface area contributed by atoms with Crippen LogP contribution in [0, 0.1) is 24.0 Å². The Morgan fingerprint density at radius 3 is 2.48 bits per heavy atom. The Morgan fingerprint density at radius 1 is 1.15 bits per heavy atom. The molecular weight excluding hydrogens is 352 g/mol. The third kappa shape index (κ3) is 5.04. The first-order valence-corrected chi connectivity index (χ1v) is 8.28. The highest BCUT2D eigenvalue weighted by atomic mass is 16.6. The molecule has 8 nitrogen and oxygen atoms in total. The molecule has 27 heavy (non-hydrogen) atoms. The fourth-order valence-electron chi connectivity index (χ4n) is 2.36. The van der Waals surface area contributed by atoms with Crippen LogP contribution in [0.2, 0.25) is 0 Å². The van der Waals surface area contributed by atoms with Crippen molar-refractivity contribution in [1.82, 2.24) is 0 Å². The minimum Gasteiger partial charge on any atom is -0.493 e. The molecule has 2 aromatic rings. The zero-order chi connectivity index (χ0) is 20.0. The molecule has 0 saturated heterocycles. The Bertz CT molecular complexity index is 878. The average molecular weight is 372 g/mol. The van der Waals surface area contributed by atoms with Crippen LogP contribution in [-0.4, -0.2) is 30.0 Å². The summed E-state index contributed by atoms with van der Waals surface area (Å²) < 4.78 is 10.4. The number of para-hydroxylation sites is 1. The number of aryl methyl sites for hydroxylation is 2. The van der Waals surface area contributed by atoms with Crippen molar-refractivity contribution < 1.29 is 24.0 Å². The number of esters is 1. The largest absolute Gasteiger partial charge is 0.493 e. The highest BCUT2D eigenvalue weighted by Crippen LogP contribution is 2.28. The zero-order valence-corrected chi connectivity index (χ0v) is 15.3. The predicted molar refractivity (Wildman–Crippen MR) is 99.1 cm³/mol. The summed E-state index contributed by atoms with van der Waals surface area (Å²) in [5.74, 6) is -1.04. The number of nitrogens with one attached hydrogen (secondary N) is 1. The third-order valence-corrected chi connectivity index (χ3v) is 3.82. The van der Waals surface area contributed by atoms with E-state index >= 15 is 0 Å². The van der Waals surface area contributed by atoms with Gasteiger partial charge in [-0.05, 0) is 50.1 Å². The van der Waals surface area contributed by atoms with Gasteiger partial charge in [0.2, 0.25) is 0 Å². The van der Waals surface area contributed by atoms with E-state index in [-0.39, 0.29) is 16.9 Å². The molecule has 0 heterocycles. The molecule has 1 amide bonds. The third-order valence-electron chi connectivity index (χ3n) is 3.82. The Balaban J connectivity index is 2.06. The second-order valence-corrected chi connectivity index (χ2v) is 5.76. The number of amides is 1. The van der Waals surface area contributed by atoms with E-state index in [2.05, 4.69) is 5.32 Å². The van der Waals surface area contributed by atoms with E-state index in [1.165, 1.54) is 18.2 Å². The molecule has 0 fully saturated rings. The molecule has 0 unspecified atom stereocenters. The van der Waals surface area contributed by atoms with Crippen LogP contribution in [0.3, 0.4) is 0 Å². The lowest BCUT2D eigenvalue weighted by Gasteiger charge is -2.11. The minimum atomic E-state index is -0.719. The van der Waals surface area contributed by atoms with Crippen molar-refractivity contribution >= 4 is 23.3 Å². The summed E-state index contributed by atoms with van der Waals surface area (Å²) in [6, 6.07) is 9.41. The monoisotopic (exact) mass is 372 g/mol. The van der Waals surface area contributed by atoms with Gasteiger partial charge in [0.05, 0.1) is 11.5 Å². The maximum atomic E-state index is 12.2. The van der Waals surface area contributed by atoms with Crippen molar-refractivity contribution in [3.63, 3.8) is 0 Å². The normalized spacial score (nSPS) is 10.2. The Kier molecular flexibility index (Phi) is 6.48. The molecule has 0 aliphatic carbocycles. The fraction of sp³-hybridized carbons (Fsp3) is 0.263. The second kappa shape index (κ2) is 8.79. The van der Waals surface area contributed by atoms with E-state index in [4.69, 9.17) is 9.47 Å². The first kappa shape index (κ1) is 19.9. The lowest BCUT2D eigenvalue weighted by atomic mass is 10.1. The highest BCUT2D eigenvalue weighted by molar-refractivity contribution is 5.97. The van der Waals surface area contributed by atoms with Gasteiger partial charge in [0.1, 0.15) is 17.0 Å². The molecule has 0 bridgehead atoms. The van der Waals surface area contributed by atoms with E-state index in [0.29, 0.717) is 12.4 Å². The Hall–Kier alpha value is -3.42. The molecule has 2 rings (SSSR count). The van der Waals surface area contributed by atoms with Gasteiger partial charge in [-0.1, -0.05) is 12.1 Å². The van der Waals surface area contributed by atoms with Gasteiger partial charge in [-0.15, -0.1) is 0 Å². The molecule has 0 atom stereocenters. The molecule has 2 aromatic carbocycles. The number of ether oxygens (including phenoxy) is 2. The van der Waals surface area contributed by atoms with Gasteiger partial charge in [-0.25, -0.2) is 4.79 Å². The van der Waals surface area contributed by atoms with Crippen molar-refractivity contribution in [3.05, 3.63) is 63.2 Å². The molecule has 142 valence electrons. The summed E-state index contributed by atoms with van der Waals surface area (Å²) in [6.45, 7) is 5.10. The maximum absolute atomic E-state index is 12.2. The van der Waals surface area contributed by atoms with Crippen LogP contribution in [0.1, 0.15) is 28.4 Å². The van der Waals surface area contributed by atoms with Crippen LogP contribution < -0.4 is 10.1 Å². The lowest BCUT2D eigenvalue weighted by molar-refractivity contribution is -0.384. The van der Waals surface area contributed by atoms with E-state index in [1.807, 2.05) is 0 Å². The molecular formula is C19H20N2O6. The molecule has 0 aromatic heterocycles. The number of anilines is 1. The van der Waals surface area contributed by atoms with E-state index in [9.17, 15) is 19.7 Å². The summed E-state index contributed by atoms with van der Waals surface area (Å²) in [4.78, 5) is 34.9. The summed E-state index contributed by atoms with van der Waals surface area (Å²) >= 11 is 0. The summed E-state index contributed by atoms with van der Waals surface area (Å²) in [7, 11) is 0. The highest BCUT2D eigenvalue weighted by Gasteiger charge is 2.19. The van der Waals surface area contributed by atoms with Gasteiger partial charge >= 0.3 is 5.97 Å². The smallest absolute Gasteiger partial charge is 0.342 e. The topological polar surface area (TPSA) is 108 Å². The summed E-state index contributed by atoms with van der Waals surface area (Å²) in [5, 5.41) is 13.6. The molecule has 8 heteroatoms. The first-order valence-electron chi connectivity index (χ1n) is 8.28. The van der Waals surface area contributed by atoms with Crippen molar-refractivity contribution in [2.75, 3.05) is 18.5 Å². The SMILES string of the molecule is CCOc1ccccc1C(=O)OCC(=O)Nc1cc(C)c(C)cc1[N+](=O)[O-]. The van der Waals surface area contributed by atoms with E-state index < -0.39 is 23.4 Å². The van der Waals surface area contributed by atoms with Crippen LogP contribution in [0.15, 0.2) is 36.4 Å². The zero-order valence-electron chi connectivity index (χ0n) is 15.3. The number of rotatable bonds is 7. The van der Waals surface area contributed by atoms with Gasteiger partial charge in [0.25, 0.3) is 11.6 Å². The fourth-order valence-corrected chi connectivity index (χ4v) is 2.36. The van der Waals surface area contributed by atoms with Gasteiger partial charge in [-0.3, -0.25) is 14.9 Å². The second-order valence-electron chi connectivity index (χ2n) is 5.76. The summed E-state index contributed by atoms with van der Waals surface area (Å²) in [5.41, 5.74) is 1.56. The number of benzene rings is 2. The first-order chi connectivity index (χ1) is 12.8. The van der Waals surface area contributed by atoms with Crippen LogP contribution in [-0.2, 0) is 9.53 Å². The van der Waals surface area contributed by atoms with E-state index in [1.54, 1.807) is 39.0 Å². The van der Waals surface area contributed by atoms with Crippen molar-refractivity contribution in [3.8, 4) is 5.75 Å². The van der Waals surface area contributed by atoms with Crippen molar-refractivity contribution in [2.45, 2.75) is 20.8 Å². The van der Waals surface area contributed by atoms with Gasteiger partial charge in [0.15, 0.2) is 6.61 Å². The van der Waals surface area contributed by atoms with Crippen LogP contribution in [0.4, 0.5) is 11.4 Å². The Labute approximate surface area is 156 Å². The number of carbonyl (C=O) groups is 2. The predicted octanol–water partition coefficient (Wildman–Crippen LogP) is 3.41. The van der Waals surface area contributed by atoms with Crippen molar-refractivity contribution in [1.29, 1.82) is 0 Å². The van der Waals surface area contributed by atoms with Gasteiger partial charge in [0, 0.05) is 6.07 Å².